The summed E-state index contributed by atoms with van der Waals surface area (Å²) in [6.45, 7) is 5.99. The smallest absolute Gasteiger partial charge is 0.280 e. The first-order valence-electron chi connectivity index (χ1n) is 9.18. The molecule has 2 aromatic rings. The molecule has 3 rings (SSSR count). The van der Waals surface area contributed by atoms with Crippen LogP contribution in [0.4, 0.5) is 0 Å². The number of carbonyl (C=O) groups is 2. The molecule has 144 valence electrons. The van der Waals surface area contributed by atoms with E-state index in [0.717, 1.165) is 17.0 Å². The highest BCUT2D eigenvalue weighted by molar-refractivity contribution is 7.13. The highest BCUT2D eigenvalue weighted by atomic mass is 32.1. The molecule has 1 N–H and O–H groups in total. The molecule has 6 nitrogen and oxygen atoms in total. The monoisotopic (exact) mass is 387 g/mol. The summed E-state index contributed by atoms with van der Waals surface area (Å²) >= 11 is 1.44. The minimum Gasteiger partial charge on any atom is -0.497 e. The van der Waals surface area contributed by atoms with Crippen molar-refractivity contribution in [1.29, 1.82) is 0 Å². The predicted octanol–water partition coefficient (Wildman–Crippen LogP) is 2.78. The summed E-state index contributed by atoms with van der Waals surface area (Å²) in [6.07, 6.45) is 1.39. The van der Waals surface area contributed by atoms with Crippen molar-refractivity contribution in [3.05, 3.63) is 45.4 Å². The van der Waals surface area contributed by atoms with Crippen molar-refractivity contribution < 1.29 is 14.3 Å². The summed E-state index contributed by atoms with van der Waals surface area (Å²) in [4.78, 5) is 32.5. The molecule has 7 heteroatoms. The van der Waals surface area contributed by atoms with E-state index in [2.05, 4.69) is 24.1 Å². The predicted molar refractivity (Wildman–Crippen MR) is 106 cm³/mol. The fourth-order valence-electron chi connectivity index (χ4n) is 2.97. The lowest BCUT2D eigenvalue weighted by molar-refractivity contribution is 0.0762. The van der Waals surface area contributed by atoms with Gasteiger partial charge in [-0.3, -0.25) is 9.59 Å². The first kappa shape index (κ1) is 19.4. The number of fused-ring (bicyclic) bond motifs is 1. The molecule has 1 aromatic carbocycles. The minimum absolute atomic E-state index is 0.000969. The van der Waals surface area contributed by atoms with Crippen molar-refractivity contribution in [2.45, 2.75) is 26.7 Å². The topological polar surface area (TPSA) is 71.5 Å². The molecular formula is C20H25N3O3S. The number of aromatic nitrogens is 1. The lowest BCUT2D eigenvalue weighted by Gasteiger charge is -2.20. The van der Waals surface area contributed by atoms with Crippen molar-refractivity contribution >= 4 is 23.2 Å². The molecule has 1 aliphatic heterocycles. The first-order valence-corrected chi connectivity index (χ1v) is 9.99. The molecule has 1 aliphatic rings. The lowest BCUT2D eigenvalue weighted by atomic mass is 10.2. The number of thiazole rings is 1. The van der Waals surface area contributed by atoms with E-state index >= 15 is 0 Å². The molecule has 0 radical (unpaired) electrons. The number of methoxy groups -OCH3 is 1. The maximum absolute atomic E-state index is 12.8. The Labute approximate surface area is 163 Å². The molecule has 0 aliphatic carbocycles. The van der Waals surface area contributed by atoms with Crippen LogP contribution in [0.1, 0.15) is 44.6 Å². The van der Waals surface area contributed by atoms with E-state index in [0.29, 0.717) is 48.3 Å². The number of hydrogen-bond acceptors (Lipinski definition) is 5. The summed E-state index contributed by atoms with van der Waals surface area (Å²) in [5.41, 5.74) is 1.57. The summed E-state index contributed by atoms with van der Waals surface area (Å²) in [5.74, 6) is 0.974. The standard InChI is InChI=1S/C20H25N3O3S/c1-13(2)12-21-18(24)19-22-16-7-9-23(10-8-17(16)27-19)20(25)14-5-4-6-15(11-14)26-3/h4-6,11,13H,7-10,12H2,1-3H3,(H,21,24). The van der Waals surface area contributed by atoms with E-state index < -0.39 is 0 Å². The van der Waals surface area contributed by atoms with Gasteiger partial charge in [-0.05, 0) is 24.1 Å². The Bertz CT molecular complexity index is 806. The molecule has 0 unspecified atom stereocenters. The van der Waals surface area contributed by atoms with Crippen LogP contribution in [-0.4, -0.2) is 48.4 Å². The zero-order valence-corrected chi connectivity index (χ0v) is 16.8. The van der Waals surface area contributed by atoms with Gasteiger partial charge in [0.2, 0.25) is 0 Å². The molecular weight excluding hydrogens is 362 g/mol. The Morgan fingerprint density at radius 1 is 1.30 bits per heavy atom. The zero-order valence-electron chi connectivity index (χ0n) is 15.9. The van der Waals surface area contributed by atoms with Crippen molar-refractivity contribution in [3.63, 3.8) is 0 Å². The van der Waals surface area contributed by atoms with Crippen molar-refractivity contribution in [3.8, 4) is 5.75 Å². The van der Waals surface area contributed by atoms with Crippen LogP contribution in [-0.2, 0) is 12.8 Å². The molecule has 0 saturated heterocycles. The number of benzene rings is 1. The Hall–Kier alpha value is -2.41. The van der Waals surface area contributed by atoms with Crippen LogP contribution in [0.15, 0.2) is 24.3 Å². The molecule has 0 fully saturated rings. The second-order valence-electron chi connectivity index (χ2n) is 7.02. The number of ether oxygens (including phenoxy) is 1. The van der Waals surface area contributed by atoms with Crippen LogP contribution in [0.25, 0.3) is 0 Å². The van der Waals surface area contributed by atoms with Gasteiger partial charge < -0.3 is 15.0 Å². The molecule has 1 aromatic heterocycles. The Morgan fingerprint density at radius 2 is 2.07 bits per heavy atom. The first-order chi connectivity index (χ1) is 13.0. The van der Waals surface area contributed by atoms with E-state index in [1.54, 1.807) is 19.2 Å². The van der Waals surface area contributed by atoms with Crippen LogP contribution >= 0.6 is 11.3 Å². The molecule has 0 saturated carbocycles. The van der Waals surface area contributed by atoms with Gasteiger partial charge >= 0.3 is 0 Å². The molecule has 0 bridgehead atoms. The zero-order chi connectivity index (χ0) is 19.4. The SMILES string of the molecule is COc1cccc(C(=O)N2CCc3nc(C(=O)NCC(C)C)sc3CC2)c1. The van der Waals surface area contributed by atoms with Gasteiger partial charge in [0.25, 0.3) is 11.8 Å². The largest absolute Gasteiger partial charge is 0.497 e. The Balaban J connectivity index is 1.66. The minimum atomic E-state index is -0.105. The highest BCUT2D eigenvalue weighted by Crippen LogP contribution is 2.24. The number of nitrogens with zero attached hydrogens (tertiary/aromatic N) is 2. The van der Waals surface area contributed by atoms with Gasteiger partial charge in [-0.1, -0.05) is 19.9 Å². The Kier molecular flexibility index (Phi) is 6.11. The third-order valence-electron chi connectivity index (χ3n) is 4.47. The average molecular weight is 388 g/mol. The molecule has 0 spiro atoms. The van der Waals surface area contributed by atoms with Gasteiger partial charge in [-0.15, -0.1) is 11.3 Å². The summed E-state index contributed by atoms with van der Waals surface area (Å²) in [7, 11) is 1.59. The summed E-state index contributed by atoms with van der Waals surface area (Å²) < 4.78 is 5.21. The second kappa shape index (κ2) is 8.52. The maximum atomic E-state index is 12.8. The maximum Gasteiger partial charge on any atom is 0.280 e. The van der Waals surface area contributed by atoms with Crippen LogP contribution in [0.3, 0.4) is 0 Å². The lowest BCUT2D eigenvalue weighted by Crippen LogP contribution is -2.33. The van der Waals surface area contributed by atoms with Gasteiger partial charge in [-0.2, -0.15) is 0 Å². The fraction of sp³-hybridized carbons (Fsp3) is 0.450. The summed E-state index contributed by atoms with van der Waals surface area (Å²) in [6, 6.07) is 7.22. The van der Waals surface area contributed by atoms with Crippen molar-refractivity contribution in [2.24, 2.45) is 5.92 Å². The third-order valence-corrected chi connectivity index (χ3v) is 5.63. The molecule has 2 heterocycles. The van der Waals surface area contributed by atoms with Crippen molar-refractivity contribution in [1.82, 2.24) is 15.2 Å². The number of nitrogens with one attached hydrogen (secondary N) is 1. The molecule has 2 amide bonds. The highest BCUT2D eigenvalue weighted by Gasteiger charge is 2.24. The van der Waals surface area contributed by atoms with Crippen molar-refractivity contribution in [2.75, 3.05) is 26.7 Å². The van der Waals surface area contributed by atoms with Gasteiger partial charge in [0, 0.05) is 42.9 Å². The number of rotatable bonds is 5. The van der Waals surface area contributed by atoms with Gasteiger partial charge in [-0.25, -0.2) is 4.98 Å². The quantitative estimate of drug-likeness (QED) is 0.856. The van der Waals surface area contributed by atoms with Crippen LogP contribution in [0.2, 0.25) is 0 Å². The van der Waals surface area contributed by atoms with Crippen LogP contribution in [0, 0.1) is 5.92 Å². The van der Waals surface area contributed by atoms with Crippen LogP contribution in [0.5, 0.6) is 5.75 Å². The van der Waals surface area contributed by atoms with E-state index in [-0.39, 0.29) is 11.8 Å². The molecule has 0 atom stereocenters. The third kappa shape index (κ3) is 4.66. The van der Waals surface area contributed by atoms with E-state index in [1.807, 2.05) is 17.0 Å². The van der Waals surface area contributed by atoms with Crippen LogP contribution < -0.4 is 10.1 Å². The Morgan fingerprint density at radius 3 is 2.81 bits per heavy atom. The summed E-state index contributed by atoms with van der Waals surface area (Å²) in [5, 5.41) is 3.44. The fourth-order valence-corrected chi connectivity index (χ4v) is 3.99. The van der Waals surface area contributed by atoms with E-state index in [9.17, 15) is 9.59 Å². The number of amides is 2. The van der Waals surface area contributed by atoms with Gasteiger partial charge in [0.1, 0.15) is 5.75 Å². The molecule has 27 heavy (non-hydrogen) atoms. The van der Waals surface area contributed by atoms with E-state index in [4.69, 9.17) is 4.74 Å². The van der Waals surface area contributed by atoms with Gasteiger partial charge in [0.15, 0.2) is 5.01 Å². The second-order valence-corrected chi connectivity index (χ2v) is 8.10. The number of carbonyl (C=O) groups excluding carboxylic acids is 2. The van der Waals surface area contributed by atoms with E-state index in [1.165, 1.54) is 11.3 Å². The van der Waals surface area contributed by atoms with Gasteiger partial charge in [0.05, 0.1) is 12.8 Å². The number of hydrogen-bond donors (Lipinski definition) is 1. The normalized spacial score (nSPS) is 13.9. The average Bonchev–Trinajstić information content (AvgIpc) is 2.99.